The maximum Gasteiger partial charge on any atom is 0.0541 e. The summed E-state index contributed by atoms with van der Waals surface area (Å²) in [6.45, 7) is 3.61. The fourth-order valence-corrected chi connectivity index (χ4v) is 3.17. The van der Waals surface area contributed by atoms with Crippen molar-refractivity contribution in [1.82, 2.24) is 4.90 Å². The van der Waals surface area contributed by atoms with Gasteiger partial charge in [-0.25, -0.2) is 0 Å². The van der Waals surface area contributed by atoms with E-state index in [1.54, 1.807) is 0 Å². The Morgan fingerprint density at radius 1 is 1.14 bits per heavy atom. The molecule has 0 radical (unpaired) electrons. The minimum absolute atomic E-state index is 0.00562. The van der Waals surface area contributed by atoms with Gasteiger partial charge in [0.1, 0.15) is 0 Å². The number of hydrogen-bond acceptors (Lipinski definition) is 2. The second-order valence-corrected chi connectivity index (χ2v) is 4.90. The molecule has 2 nitrogen and oxygen atoms in total. The Bertz CT molecular complexity index is 175. The third-order valence-corrected chi connectivity index (χ3v) is 4.03. The monoisotopic (exact) mass is 197 g/mol. The Morgan fingerprint density at radius 3 is 2.50 bits per heavy atom. The predicted octanol–water partition coefficient (Wildman–Crippen LogP) is 2.16. The average molecular weight is 197 g/mol. The summed E-state index contributed by atoms with van der Waals surface area (Å²) in [5, 5.41) is 9.47. The van der Waals surface area contributed by atoms with Gasteiger partial charge in [-0.3, -0.25) is 4.90 Å². The zero-order valence-electron chi connectivity index (χ0n) is 9.28. The van der Waals surface area contributed by atoms with Crippen LogP contribution in [0.25, 0.3) is 0 Å². The van der Waals surface area contributed by atoms with E-state index in [2.05, 4.69) is 11.8 Å². The van der Waals surface area contributed by atoms with Gasteiger partial charge in [0.2, 0.25) is 0 Å². The lowest BCUT2D eigenvalue weighted by Crippen LogP contribution is -2.41. The Kier molecular flexibility index (Phi) is 3.45. The van der Waals surface area contributed by atoms with Crippen LogP contribution >= 0.6 is 0 Å². The molecular weight excluding hydrogens is 174 g/mol. The number of aliphatic hydroxyl groups is 1. The van der Waals surface area contributed by atoms with E-state index in [1.165, 1.54) is 38.6 Å². The van der Waals surface area contributed by atoms with Crippen molar-refractivity contribution < 1.29 is 5.11 Å². The molecule has 1 N–H and O–H groups in total. The molecule has 0 bridgehead atoms. The molecular formula is C12H23NO. The normalized spacial score (nSPS) is 40.3. The molecule has 82 valence electrons. The number of hydrogen-bond donors (Lipinski definition) is 1. The van der Waals surface area contributed by atoms with Crippen molar-refractivity contribution in [2.75, 3.05) is 6.54 Å². The van der Waals surface area contributed by atoms with E-state index < -0.39 is 0 Å². The van der Waals surface area contributed by atoms with Gasteiger partial charge >= 0.3 is 0 Å². The van der Waals surface area contributed by atoms with Gasteiger partial charge < -0.3 is 5.11 Å². The quantitative estimate of drug-likeness (QED) is 0.733. The van der Waals surface area contributed by atoms with Gasteiger partial charge in [0.05, 0.1) is 6.10 Å². The van der Waals surface area contributed by atoms with E-state index in [0.29, 0.717) is 0 Å². The average Bonchev–Trinajstić information content (AvgIpc) is 2.67. The van der Waals surface area contributed by atoms with Crippen molar-refractivity contribution in [3.63, 3.8) is 0 Å². The van der Waals surface area contributed by atoms with Gasteiger partial charge in [-0.15, -0.1) is 0 Å². The Hall–Kier alpha value is -0.0800. The van der Waals surface area contributed by atoms with E-state index in [1.807, 2.05) is 0 Å². The van der Waals surface area contributed by atoms with Crippen LogP contribution < -0.4 is 0 Å². The standard InChI is InChI=1S/C12H23NO/c1-2-10-4-3-9-13(10)11-5-7-12(14)8-6-11/h10-12,14H,2-9H2,1H3. The summed E-state index contributed by atoms with van der Waals surface area (Å²) < 4.78 is 0. The van der Waals surface area contributed by atoms with Crippen molar-refractivity contribution in [3.8, 4) is 0 Å². The van der Waals surface area contributed by atoms with E-state index in [0.717, 1.165) is 24.9 Å². The highest BCUT2D eigenvalue weighted by Gasteiger charge is 2.31. The summed E-state index contributed by atoms with van der Waals surface area (Å²) in [6.07, 6.45) is 8.57. The highest BCUT2D eigenvalue weighted by Crippen LogP contribution is 2.30. The van der Waals surface area contributed by atoms with E-state index in [9.17, 15) is 5.11 Å². The van der Waals surface area contributed by atoms with Gasteiger partial charge in [-0.2, -0.15) is 0 Å². The second-order valence-electron chi connectivity index (χ2n) is 4.90. The van der Waals surface area contributed by atoms with Crippen LogP contribution in [-0.4, -0.2) is 34.7 Å². The lowest BCUT2D eigenvalue weighted by molar-refractivity contribution is 0.0673. The predicted molar refractivity (Wildman–Crippen MR) is 58.3 cm³/mol. The molecule has 2 aliphatic rings. The number of nitrogens with zero attached hydrogens (tertiary/aromatic N) is 1. The second kappa shape index (κ2) is 4.63. The lowest BCUT2D eigenvalue weighted by Gasteiger charge is -2.36. The van der Waals surface area contributed by atoms with Gasteiger partial charge in [-0.1, -0.05) is 6.92 Å². The van der Waals surface area contributed by atoms with Crippen molar-refractivity contribution in [1.29, 1.82) is 0 Å². The topological polar surface area (TPSA) is 23.5 Å². The number of rotatable bonds is 2. The SMILES string of the molecule is CCC1CCCN1C1CCC(O)CC1. The highest BCUT2D eigenvalue weighted by molar-refractivity contribution is 4.87. The molecule has 1 heterocycles. The zero-order chi connectivity index (χ0) is 9.97. The van der Waals surface area contributed by atoms with Gasteiger partial charge in [-0.05, 0) is 51.5 Å². The molecule has 0 aromatic carbocycles. The highest BCUT2D eigenvalue weighted by atomic mass is 16.3. The van der Waals surface area contributed by atoms with Crippen molar-refractivity contribution >= 4 is 0 Å². The largest absolute Gasteiger partial charge is 0.393 e. The first-order chi connectivity index (χ1) is 6.81. The minimum atomic E-state index is -0.00562. The molecule has 0 aromatic heterocycles. The maximum atomic E-state index is 9.47. The van der Waals surface area contributed by atoms with Gasteiger partial charge in [0.25, 0.3) is 0 Å². The fourth-order valence-electron chi connectivity index (χ4n) is 3.17. The third-order valence-electron chi connectivity index (χ3n) is 4.03. The van der Waals surface area contributed by atoms with Crippen LogP contribution in [-0.2, 0) is 0 Å². The van der Waals surface area contributed by atoms with Crippen LogP contribution in [0.2, 0.25) is 0 Å². The Morgan fingerprint density at radius 2 is 1.86 bits per heavy atom. The van der Waals surface area contributed by atoms with Crippen LogP contribution in [0, 0.1) is 0 Å². The molecule has 1 unspecified atom stereocenters. The number of aliphatic hydroxyl groups excluding tert-OH is 1. The molecule has 2 heteroatoms. The first-order valence-electron chi connectivity index (χ1n) is 6.25. The Balaban J connectivity index is 1.88. The minimum Gasteiger partial charge on any atom is -0.393 e. The first kappa shape index (κ1) is 10.4. The molecule has 1 saturated heterocycles. The Labute approximate surface area is 87.3 Å². The molecule has 1 aliphatic heterocycles. The van der Waals surface area contributed by atoms with Crippen molar-refractivity contribution in [2.24, 2.45) is 0 Å². The fraction of sp³-hybridized carbons (Fsp3) is 1.00. The van der Waals surface area contributed by atoms with E-state index in [4.69, 9.17) is 0 Å². The van der Waals surface area contributed by atoms with Crippen molar-refractivity contribution in [2.45, 2.75) is 70.1 Å². The van der Waals surface area contributed by atoms with Crippen LogP contribution in [0.15, 0.2) is 0 Å². The smallest absolute Gasteiger partial charge is 0.0541 e. The lowest BCUT2D eigenvalue weighted by atomic mass is 9.91. The summed E-state index contributed by atoms with van der Waals surface area (Å²) in [6, 6.07) is 1.63. The summed E-state index contributed by atoms with van der Waals surface area (Å²) in [7, 11) is 0. The van der Waals surface area contributed by atoms with Crippen LogP contribution in [0.4, 0.5) is 0 Å². The molecule has 1 saturated carbocycles. The van der Waals surface area contributed by atoms with Gasteiger partial charge in [0, 0.05) is 12.1 Å². The summed E-state index contributed by atoms with van der Waals surface area (Å²) in [5.41, 5.74) is 0. The third kappa shape index (κ3) is 2.12. The van der Waals surface area contributed by atoms with E-state index >= 15 is 0 Å². The molecule has 2 rings (SSSR count). The van der Waals surface area contributed by atoms with Crippen LogP contribution in [0.1, 0.15) is 51.9 Å². The molecule has 1 aliphatic carbocycles. The molecule has 0 aromatic rings. The van der Waals surface area contributed by atoms with Crippen LogP contribution in [0.3, 0.4) is 0 Å². The summed E-state index contributed by atoms with van der Waals surface area (Å²) in [5.74, 6) is 0. The number of likely N-dealkylation sites (tertiary alicyclic amines) is 1. The molecule has 2 fully saturated rings. The molecule has 1 atom stereocenters. The van der Waals surface area contributed by atoms with Gasteiger partial charge in [0.15, 0.2) is 0 Å². The zero-order valence-corrected chi connectivity index (χ0v) is 9.28. The summed E-state index contributed by atoms with van der Waals surface area (Å²) >= 11 is 0. The summed E-state index contributed by atoms with van der Waals surface area (Å²) in [4.78, 5) is 2.71. The molecule has 0 amide bonds. The molecule has 14 heavy (non-hydrogen) atoms. The molecule has 0 spiro atoms. The first-order valence-corrected chi connectivity index (χ1v) is 6.25. The van der Waals surface area contributed by atoms with E-state index in [-0.39, 0.29) is 6.10 Å². The maximum absolute atomic E-state index is 9.47. The van der Waals surface area contributed by atoms with Crippen molar-refractivity contribution in [3.05, 3.63) is 0 Å². The van der Waals surface area contributed by atoms with Crippen LogP contribution in [0.5, 0.6) is 0 Å².